The second kappa shape index (κ2) is 10.3. The third-order valence-corrected chi connectivity index (χ3v) is 2.28. The van der Waals surface area contributed by atoms with E-state index in [1.807, 2.05) is 12.2 Å². The highest BCUT2D eigenvalue weighted by atomic mass is 16.1. The van der Waals surface area contributed by atoms with Crippen LogP contribution in [0.25, 0.3) is 0 Å². The summed E-state index contributed by atoms with van der Waals surface area (Å²) in [5, 5.41) is 0. The predicted octanol–water partition coefficient (Wildman–Crippen LogP) is 3.47. The number of hydrogen-bond donors (Lipinski definition) is 0. The fraction of sp³-hybridized carbons (Fsp3) is 0.571. The molecule has 2 nitrogen and oxygen atoms in total. The van der Waals surface area contributed by atoms with Crippen molar-refractivity contribution < 1.29 is 9.59 Å². The Balaban J connectivity index is 4.11. The number of aldehydes is 1. The van der Waals surface area contributed by atoms with Crippen LogP contribution in [0, 0.1) is 5.92 Å². The van der Waals surface area contributed by atoms with Gasteiger partial charge in [-0.05, 0) is 18.9 Å². The SMILES string of the molecule is CCC/C=C/C(=O)C(C=O)C=CCCCC. The highest BCUT2D eigenvalue weighted by Gasteiger charge is 2.09. The first-order valence-corrected chi connectivity index (χ1v) is 6.08. The number of carbonyl (C=O) groups is 2. The summed E-state index contributed by atoms with van der Waals surface area (Å²) in [6.07, 6.45) is 12.8. The van der Waals surface area contributed by atoms with Crippen LogP contribution in [-0.2, 0) is 9.59 Å². The number of unbranched alkanes of at least 4 members (excludes halogenated alkanes) is 3. The fourth-order valence-electron chi connectivity index (χ4n) is 1.25. The Bertz CT molecular complexity index is 251. The summed E-state index contributed by atoms with van der Waals surface area (Å²) < 4.78 is 0. The van der Waals surface area contributed by atoms with Crippen molar-refractivity contribution >= 4 is 12.1 Å². The maximum absolute atomic E-state index is 11.5. The topological polar surface area (TPSA) is 34.1 Å². The van der Waals surface area contributed by atoms with E-state index in [1.165, 1.54) is 6.08 Å². The summed E-state index contributed by atoms with van der Waals surface area (Å²) >= 11 is 0. The molecule has 90 valence electrons. The first-order valence-electron chi connectivity index (χ1n) is 6.08. The van der Waals surface area contributed by atoms with Gasteiger partial charge in [-0.1, -0.05) is 51.3 Å². The summed E-state index contributed by atoms with van der Waals surface area (Å²) in [6.45, 7) is 4.17. The molecule has 0 aliphatic heterocycles. The maximum atomic E-state index is 11.5. The average molecular weight is 222 g/mol. The Morgan fingerprint density at radius 1 is 1.12 bits per heavy atom. The first-order chi connectivity index (χ1) is 7.76. The van der Waals surface area contributed by atoms with Gasteiger partial charge in [0.15, 0.2) is 5.78 Å². The van der Waals surface area contributed by atoms with E-state index >= 15 is 0 Å². The second-order valence-electron chi connectivity index (χ2n) is 3.83. The van der Waals surface area contributed by atoms with Crippen molar-refractivity contribution in [1.29, 1.82) is 0 Å². The number of allylic oxidation sites excluding steroid dienone is 4. The van der Waals surface area contributed by atoms with Crippen LogP contribution in [-0.4, -0.2) is 12.1 Å². The third-order valence-electron chi connectivity index (χ3n) is 2.28. The van der Waals surface area contributed by atoms with Crippen molar-refractivity contribution in [2.24, 2.45) is 5.92 Å². The molecule has 1 unspecified atom stereocenters. The molecule has 0 N–H and O–H groups in total. The lowest BCUT2D eigenvalue weighted by Gasteiger charge is -1.99. The largest absolute Gasteiger partial charge is 0.302 e. The highest BCUT2D eigenvalue weighted by molar-refractivity contribution is 6.02. The molecule has 0 aliphatic rings. The number of ketones is 1. The third kappa shape index (κ3) is 7.16. The molecular formula is C14H22O2. The first kappa shape index (κ1) is 14.8. The summed E-state index contributed by atoms with van der Waals surface area (Å²) in [6, 6.07) is 0. The van der Waals surface area contributed by atoms with Gasteiger partial charge in [0.05, 0.1) is 5.92 Å². The molecular weight excluding hydrogens is 200 g/mol. The Hall–Kier alpha value is -1.18. The summed E-state index contributed by atoms with van der Waals surface area (Å²) in [7, 11) is 0. The quantitative estimate of drug-likeness (QED) is 0.197. The van der Waals surface area contributed by atoms with Crippen LogP contribution in [0.3, 0.4) is 0 Å². The molecule has 0 rings (SSSR count). The lowest BCUT2D eigenvalue weighted by atomic mass is 10.0. The predicted molar refractivity (Wildman–Crippen MR) is 67.3 cm³/mol. The van der Waals surface area contributed by atoms with Crippen LogP contribution in [0.2, 0.25) is 0 Å². The van der Waals surface area contributed by atoms with Crippen molar-refractivity contribution in [3.05, 3.63) is 24.3 Å². The van der Waals surface area contributed by atoms with Crippen LogP contribution < -0.4 is 0 Å². The van der Waals surface area contributed by atoms with Crippen molar-refractivity contribution in [2.75, 3.05) is 0 Å². The van der Waals surface area contributed by atoms with Crippen molar-refractivity contribution in [3.8, 4) is 0 Å². The van der Waals surface area contributed by atoms with Gasteiger partial charge in [-0.2, -0.15) is 0 Å². The van der Waals surface area contributed by atoms with Gasteiger partial charge < -0.3 is 4.79 Å². The minimum Gasteiger partial charge on any atom is -0.302 e. The van der Waals surface area contributed by atoms with Crippen LogP contribution in [0.1, 0.15) is 46.0 Å². The number of hydrogen-bond acceptors (Lipinski definition) is 2. The van der Waals surface area contributed by atoms with Crippen molar-refractivity contribution in [1.82, 2.24) is 0 Å². The zero-order chi connectivity index (χ0) is 12.2. The lowest BCUT2D eigenvalue weighted by molar-refractivity contribution is -0.122. The molecule has 0 aromatic rings. The van der Waals surface area contributed by atoms with Gasteiger partial charge in [0, 0.05) is 0 Å². The van der Waals surface area contributed by atoms with E-state index in [9.17, 15) is 9.59 Å². The minimum absolute atomic E-state index is 0.115. The normalized spacial score (nSPS) is 13.4. The number of rotatable bonds is 9. The zero-order valence-corrected chi connectivity index (χ0v) is 10.3. The van der Waals surface area contributed by atoms with Crippen LogP contribution in [0.5, 0.6) is 0 Å². The van der Waals surface area contributed by atoms with Gasteiger partial charge in [0.1, 0.15) is 6.29 Å². The van der Waals surface area contributed by atoms with E-state index < -0.39 is 5.92 Å². The van der Waals surface area contributed by atoms with Crippen molar-refractivity contribution in [3.63, 3.8) is 0 Å². The zero-order valence-electron chi connectivity index (χ0n) is 10.3. The van der Waals surface area contributed by atoms with E-state index in [4.69, 9.17) is 0 Å². The summed E-state index contributed by atoms with van der Waals surface area (Å²) in [5.41, 5.74) is 0. The molecule has 0 aliphatic carbocycles. The molecule has 0 fully saturated rings. The fourth-order valence-corrected chi connectivity index (χ4v) is 1.25. The molecule has 1 atom stereocenters. The molecule has 0 bridgehead atoms. The molecule has 0 radical (unpaired) electrons. The Kier molecular flexibility index (Phi) is 9.58. The van der Waals surface area contributed by atoms with Gasteiger partial charge in [-0.15, -0.1) is 0 Å². The lowest BCUT2D eigenvalue weighted by Crippen LogP contribution is -2.10. The molecule has 2 heteroatoms. The van der Waals surface area contributed by atoms with Gasteiger partial charge in [0.2, 0.25) is 0 Å². The Morgan fingerprint density at radius 2 is 1.88 bits per heavy atom. The summed E-state index contributed by atoms with van der Waals surface area (Å²) in [5.74, 6) is -0.707. The summed E-state index contributed by atoms with van der Waals surface area (Å²) in [4.78, 5) is 22.3. The van der Waals surface area contributed by atoms with Gasteiger partial charge in [-0.3, -0.25) is 4.79 Å². The Labute approximate surface area is 98.4 Å². The standard InChI is InChI=1S/C14H22O2/c1-3-5-7-9-10-13(12-15)14(16)11-8-6-4-2/h8-13H,3-7H2,1-2H3/b10-9?,11-8+. The highest BCUT2D eigenvalue weighted by Crippen LogP contribution is 2.03. The van der Waals surface area contributed by atoms with Crippen LogP contribution in [0.15, 0.2) is 24.3 Å². The van der Waals surface area contributed by atoms with E-state index in [2.05, 4.69) is 13.8 Å². The van der Waals surface area contributed by atoms with Crippen LogP contribution in [0.4, 0.5) is 0 Å². The van der Waals surface area contributed by atoms with Gasteiger partial charge in [-0.25, -0.2) is 0 Å². The molecule has 0 amide bonds. The molecule has 0 heterocycles. The molecule has 16 heavy (non-hydrogen) atoms. The van der Waals surface area contributed by atoms with E-state index in [1.54, 1.807) is 6.08 Å². The number of carbonyl (C=O) groups excluding carboxylic acids is 2. The molecule has 0 spiro atoms. The smallest absolute Gasteiger partial charge is 0.169 e. The Morgan fingerprint density at radius 3 is 2.44 bits per heavy atom. The van der Waals surface area contributed by atoms with Crippen LogP contribution >= 0.6 is 0 Å². The molecule has 0 aromatic carbocycles. The second-order valence-corrected chi connectivity index (χ2v) is 3.83. The molecule has 0 saturated carbocycles. The average Bonchev–Trinajstić information content (AvgIpc) is 2.29. The van der Waals surface area contributed by atoms with E-state index in [-0.39, 0.29) is 5.78 Å². The van der Waals surface area contributed by atoms with E-state index in [0.717, 1.165) is 32.1 Å². The molecule has 0 saturated heterocycles. The molecule has 0 aromatic heterocycles. The van der Waals surface area contributed by atoms with Gasteiger partial charge in [0.25, 0.3) is 0 Å². The van der Waals surface area contributed by atoms with E-state index in [0.29, 0.717) is 6.29 Å². The monoisotopic (exact) mass is 222 g/mol. The minimum atomic E-state index is -0.593. The van der Waals surface area contributed by atoms with Crippen molar-refractivity contribution in [2.45, 2.75) is 46.0 Å². The van der Waals surface area contributed by atoms with Gasteiger partial charge >= 0.3 is 0 Å². The maximum Gasteiger partial charge on any atom is 0.169 e.